The number of hydrogen-bond donors (Lipinski definition) is 2. The Labute approximate surface area is 188 Å². The Hall–Kier alpha value is -4.12. The van der Waals surface area contributed by atoms with E-state index < -0.39 is 11.5 Å². The molecule has 4 aromatic rings. The number of anilines is 1. The Balaban J connectivity index is 1.39. The van der Waals surface area contributed by atoms with Crippen LogP contribution in [0.4, 0.5) is 5.95 Å². The number of carbonyl (C=O) groups excluding carboxylic acids is 1. The van der Waals surface area contributed by atoms with Crippen LogP contribution in [-0.2, 0) is 10.4 Å². The first-order valence-corrected chi connectivity index (χ1v) is 10.3. The molecule has 0 saturated carbocycles. The molecule has 1 aliphatic rings. The van der Waals surface area contributed by atoms with Gasteiger partial charge < -0.3 is 24.3 Å². The molecule has 1 amide bonds. The van der Waals surface area contributed by atoms with Crippen molar-refractivity contribution in [3.8, 4) is 22.8 Å². The number of rotatable bonds is 6. The summed E-state index contributed by atoms with van der Waals surface area (Å²) < 4.78 is 10.6. The number of aliphatic hydroxyl groups is 1. The van der Waals surface area contributed by atoms with Gasteiger partial charge in [0.2, 0.25) is 11.5 Å². The molecule has 4 aromatic heterocycles. The lowest BCUT2D eigenvalue weighted by Crippen LogP contribution is -2.35. The zero-order valence-electron chi connectivity index (χ0n) is 18.0. The number of nitrogens with zero attached hydrogens (tertiary/aromatic N) is 6. The van der Waals surface area contributed by atoms with Gasteiger partial charge in [0.25, 0.3) is 5.91 Å². The lowest BCUT2D eigenvalue weighted by atomic mass is 9.98. The summed E-state index contributed by atoms with van der Waals surface area (Å²) in [6, 6.07) is 8.54. The van der Waals surface area contributed by atoms with E-state index in [1.54, 1.807) is 37.6 Å². The summed E-state index contributed by atoms with van der Waals surface area (Å²) in [5.41, 5.74) is 0.437. The highest BCUT2D eigenvalue weighted by Crippen LogP contribution is 2.34. The van der Waals surface area contributed by atoms with Gasteiger partial charge in [-0.25, -0.2) is 19.9 Å². The van der Waals surface area contributed by atoms with Crippen molar-refractivity contribution in [2.45, 2.75) is 25.0 Å². The van der Waals surface area contributed by atoms with Crippen molar-refractivity contribution < 1.29 is 18.8 Å². The summed E-state index contributed by atoms with van der Waals surface area (Å²) in [4.78, 5) is 31.2. The van der Waals surface area contributed by atoms with Crippen LogP contribution in [0.1, 0.15) is 30.9 Å². The Morgan fingerprint density at radius 2 is 1.97 bits per heavy atom. The summed E-state index contributed by atoms with van der Waals surface area (Å²) in [5, 5.41) is 18.0. The number of oxazole rings is 1. The molecular formula is C22H21N7O4. The standard InChI is InChI=1S/C22H21N7O4/c1-13(18-11-23-12-32-18)25-21-24-8-6-16(27-21)14-4-3-5-15(26-14)17-10-19(33-28-17)22(31)7-9-29(2)20(22)30/h3-6,8,10-13,31H,7,9H2,1-2H3,(H,24,25,27)/t13?,22-/m1/s1. The van der Waals surface area contributed by atoms with Crippen LogP contribution >= 0.6 is 0 Å². The van der Waals surface area contributed by atoms with E-state index in [1.165, 1.54) is 11.3 Å². The average Bonchev–Trinajstić information content (AvgIpc) is 3.59. The molecule has 0 aliphatic carbocycles. The van der Waals surface area contributed by atoms with E-state index in [9.17, 15) is 9.90 Å². The van der Waals surface area contributed by atoms with Crippen LogP contribution in [0.3, 0.4) is 0 Å². The number of likely N-dealkylation sites (tertiary alicyclic amines) is 1. The maximum absolute atomic E-state index is 12.3. The number of amides is 1. The van der Waals surface area contributed by atoms with E-state index >= 15 is 0 Å². The summed E-state index contributed by atoms with van der Waals surface area (Å²) >= 11 is 0. The minimum Gasteiger partial charge on any atom is -0.446 e. The Bertz CT molecular complexity index is 1290. The van der Waals surface area contributed by atoms with E-state index in [-0.39, 0.29) is 18.2 Å². The van der Waals surface area contributed by atoms with E-state index in [0.29, 0.717) is 41.0 Å². The van der Waals surface area contributed by atoms with Gasteiger partial charge in [-0.2, -0.15) is 0 Å². The fraction of sp³-hybridized carbons (Fsp3) is 0.273. The van der Waals surface area contributed by atoms with Crippen LogP contribution in [0, 0.1) is 0 Å². The minimum atomic E-state index is -1.70. The number of nitrogens with one attached hydrogen (secondary N) is 1. The topological polar surface area (TPSA) is 143 Å². The average molecular weight is 447 g/mol. The highest BCUT2D eigenvalue weighted by Gasteiger charge is 2.48. The molecular weight excluding hydrogens is 426 g/mol. The second-order valence-electron chi connectivity index (χ2n) is 7.86. The molecule has 0 bridgehead atoms. The van der Waals surface area contributed by atoms with E-state index in [2.05, 4.69) is 30.4 Å². The zero-order chi connectivity index (χ0) is 23.0. The Kier molecular flexibility index (Phi) is 5.09. The second-order valence-corrected chi connectivity index (χ2v) is 7.86. The summed E-state index contributed by atoms with van der Waals surface area (Å²) in [6.45, 7) is 2.36. The molecule has 1 fully saturated rings. The van der Waals surface area contributed by atoms with Crippen LogP contribution in [0.15, 0.2) is 58.1 Å². The highest BCUT2D eigenvalue weighted by atomic mass is 16.5. The molecule has 1 unspecified atom stereocenters. The lowest BCUT2D eigenvalue weighted by Gasteiger charge is -2.16. The number of carbonyl (C=O) groups is 1. The van der Waals surface area contributed by atoms with Crippen LogP contribution in [0.5, 0.6) is 0 Å². The lowest BCUT2D eigenvalue weighted by molar-refractivity contribution is -0.144. The maximum Gasteiger partial charge on any atom is 0.262 e. The van der Waals surface area contributed by atoms with Crippen LogP contribution < -0.4 is 5.32 Å². The molecule has 0 radical (unpaired) electrons. The van der Waals surface area contributed by atoms with Crippen molar-refractivity contribution in [3.05, 3.63) is 60.6 Å². The largest absolute Gasteiger partial charge is 0.446 e. The normalized spacial score (nSPS) is 19.1. The summed E-state index contributed by atoms with van der Waals surface area (Å²) in [6.07, 6.45) is 4.88. The molecule has 168 valence electrons. The molecule has 2 atom stereocenters. The molecule has 5 rings (SSSR count). The Morgan fingerprint density at radius 1 is 1.18 bits per heavy atom. The van der Waals surface area contributed by atoms with Crippen molar-refractivity contribution >= 4 is 11.9 Å². The van der Waals surface area contributed by atoms with Gasteiger partial charge in [0.05, 0.1) is 29.3 Å². The number of likely N-dealkylation sites (N-methyl/N-ethyl adjacent to an activating group) is 1. The SMILES string of the molecule is CC(Nc1nccc(-c2cccc(-c3cc([C@]4(O)CCN(C)C4=O)on3)n2)n1)c1cnco1. The van der Waals surface area contributed by atoms with Gasteiger partial charge in [-0.3, -0.25) is 4.79 Å². The molecule has 2 N–H and O–H groups in total. The summed E-state index contributed by atoms with van der Waals surface area (Å²) in [7, 11) is 1.64. The molecule has 11 heteroatoms. The van der Waals surface area contributed by atoms with Crippen molar-refractivity contribution in [1.82, 2.24) is 30.0 Å². The van der Waals surface area contributed by atoms with Gasteiger partial charge in [0, 0.05) is 32.3 Å². The smallest absolute Gasteiger partial charge is 0.262 e. The van der Waals surface area contributed by atoms with Gasteiger partial charge in [-0.05, 0) is 25.1 Å². The molecule has 0 spiro atoms. The van der Waals surface area contributed by atoms with Gasteiger partial charge in [0.15, 0.2) is 12.2 Å². The number of aromatic nitrogens is 5. The maximum atomic E-state index is 12.3. The third-order valence-electron chi connectivity index (χ3n) is 5.58. The molecule has 0 aromatic carbocycles. The predicted molar refractivity (Wildman–Crippen MR) is 115 cm³/mol. The van der Waals surface area contributed by atoms with E-state index in [1.807, 2.05) is 19.1 Å². The van der Waals surface area contributed by atoms with Gasteiger partial charge >= 0.3 is 0 Å². The van der Waals surface area contributed by atoms with Crippen LogP contribution in [0.2, 0.25) is 0 Å². The monoisotopic (exact) mass is 447 g/mol. The van der Waals surface area contributed by atoms with E-state index in [0.717, 1.165) is 0 Å². The quantitative estimate of drug-likeness (QED) is 0.452. The first-order chi connectivity index (χ1) is 15.9. The molecule has 11 nitrogen and oxygen atoms in total. The third-order valence-corrected chi connectivity index (χ3v) is 5.58. The highest BCUT2D eigenvalue weighted by molar-refractivity contribution is 5.87. The predicted octanol–water partition coefficient (Wildman–Crippen LogP) is 2.40. The molecule has 1 saturated heterocycles. The van der Waals surface area contributed by atoms with Crippen molar-refractivity contribution in [2.24, 2.45) is 0 Å². The number of hydrogen-bond acceptors (Lipinski definition) is 10. The van der Waals surface area contributed by atoms with Crippen molar-refractivity contribution in [2.75, 3.05) is 18.9 Å². The molecule has 33 heavy (non-hydrogen) atoms. The number of pyridine rings is 1. The van der Waals surface area contributed by atoms with Crippen molar-refractivity contribution in [3.63, 3.8) is 0 Å². The molecule has 5 heterocycles. The first-order valence-electron chi connectivity index (χ1n) is 10.3. The van der Waals surface area contributed by atoms with Gasteiger partial charge in [-0.15, -0.1) is 0 Å². The first kappa shape index (κ1) is 20.8. The second kappa shape index (κ2) is 8.10. The van der Waals surface area contributed by atoms with Gasteiger partial charge in [-0.1, -0.05) is 11.2 Å². The van der Waals surface area contributed by atoms with Crippen LogP contribution in [0.25, 0.3) is 22.8 Å². The molecule has 1 aliphatic heterocycles. The minimum absolute atomic E-state index is 0.106. The van der Waals surface area contributed by atoms with E-state index in [4.69, 9.17) is 8.94 Å². The zero-order valence-corrected chi connectivity index (χ0v) is 18.0. The fourth-order valence-electron chi connectivity index (χ4n) is 3.67. The van der Waals surface area contributed by atoms with Gasteiger partial charge in [0.1, 0.15) is 11.5 Å². The summed E-state index contributed by atoms with van der Waals surface area (Å²) in [5.74, 6) is 0.777. The van der Waals surface area contributed by atoms with Crippen LogP contribution in [-0.4, -0.2) is 54.6 Å². The van der Waals surface area contributed by atoms with Crippen molar-refractivity contribution in [1.29, 1.82) is 0 Å². The third kappa shape index (κ3) is 3.82. The Morgan fingerprint density at radius 3 is 2.70 bits per heavy atom. The fourth-order valence-corrected chi connectivity index (χ4v) is 3.67.